The first-order chi connectivity index (χ1) is 4.25. The number of carbonyl (C=O) groups is 2. The van der Waals surface area contributed by atoms with Gasteiger partial charge in [-0.2, -0.15) is 0 Å². The van der Waals surface area contributed by atoms with Gasteiger partial charge in [-0.25, -0.2) is 0 Å². The van der Waals surface area contributed by atoms with Gasteiger partial charge in [-0.1, -0.05) is 0 Å². The third-order valence-electron chi connectivity index (χ3n) is 1.52. The molecule has 0 aromatic heterocycles. The SMILES string of the molecule is O=CC1(C(=O)N=O)CC1. The molecule has 1 aliphatic carbocycles. The Labute approximate surface area is 51.2 Å². The molecule has 1 fully saturated rings. The molecule has 0 aliphatic heterocycles. The summed E-state index contributed by atoms with van der Waals surface area (Å²) in [6.45, 7) is 0. The third-order valence-corrected chi connectivity index (χ3v) is 1.52. The van der Waals surface area contributed by atoms with Crippen molar-refractivity contribution >= 4 is 12.2 Å². The highest BCUT2D eigenvalue weighted by molar-refractivity contribution is 6.00. The zero-order chi connectivity index (χ0) is 6.91. The summed E-state index contributed by atoms with van der Waals surface area (Å²) < 4.78 is 0. The molecule has 0 aromatic rings. The smallest absolute Gasteiger partial charge is 0.299 e. The van der Waals surface area contributed by atoms with Crippen molar-refractivity contribution in [2.24, 2.45) is 10.6 Å². The summed E-state index contributed by atoms with van der Waals surface area (Å²) in [6, 6.07) is 0. The molecule has 0 bridgehead atoms. The van der Waals surface area contributed by atoms with Crippen LogP contribution in [0.3, 0.4) is 0 Å². The first-order valence-corrected chi connectivity index (χ1v) is 2.59. The second-order valence-corrected chi connectivity index (χ2v) is 2.17. The lowest BCUT2D eigenvalue weighted by atomic mass is 10.1. The number of hydrogen-bond acceptors (Lipinski definition) is 3. The van der Waals surface area contributed by atoms with Gasteiger partial charge in [0.1, 0.15) is 11.7 Å². The largest absolute Gasteiger partial charge is 0.302 e. The Morgan fingerprint density at radius 2 is 2.11 bits per heavy atom. The number of carbonyl (C=O) groups excluding carboxylic acids is 2. The zero-order valence-corrected chi connectivity index (χ0v) is 4.66. The molecule has 9 heavy (non-hydrogen) atoms. The van der Waals surface area contributed by atoms with E-state index in [9.17, 15) is 14.5 Å². The van der Waals surface area contributed by atoms with Crippen LogP contribution in [0.4, 0.5) is 0 Å². The van der Waals surface area contributed by atoms with Gasteiger partial charge in [0.05, 0.1) is 0 Å². The van der Waals surface area contributed by atoms with Crippen molar-refractivity contribution in [1.29, 1.82) is 0 Å². The highest BCUT2D eigenvalue weighted by atomic mass is 16.3. The minimum Gasteiger partial charge on any atom is -0.302 e. The van der Waals surface area contributed by atoms with E-state index in [4.69, 9.17) is 0 Å². The Hall–Kier alpha value is -1.06. The summed E-state index contributed by atoms with van der Waals surface area (Å²) >= 11 is 0. The van der Waals surface area contributed by atoms with E-state index in [0.29, 0.717) is 19.1 Å². The molecule has 0 saturated heterocycles. The van der Waals surface area contributed by atoms with E-state index in [0.717, 1.165) is 0 Å². The molecular formula is C5H5NO3. The summed E-state index contributed by atoms with van der Waals surface area (Å²) in [7, 11) is 0. The first kappa shape index (κ1) is 6.07. The molecule has 4 nitrogen and oxygen atoms in total. The number of rotatable bonds is 2. The maximum absolute atomic E-state index is 10.4. The molecule has 0 aromatic carbocycles. The second kappa shape index (κ2) is 1.72. The van der Waals surface area contributed by atoms with Crippen LogP contribution in [0.1, 0.15) is 12.8 Å². The van der Waals surface area contributed by atoms with Gasteiger partial charge in [-0.15, -0.1) is 4.91 Å². The molecule has 4 heteroatoms. The van der Waals surface area contributed by atoms with Gasteiger partial charge in [-0.05, 0) is 12.8 Å². The Morgan fingerprint density at radius 3 is 2.22 bits per heavy atom. The van der Waals surface area contributed by atoms with Crippen LogP contribution in [0.5, 0.6) is 0 Å². The van der Waals surface area contributed by atoms with Gasteiger partial charge in [0.2, 0.25) is 0 Å². The van der Waals surface area contributed by atoms with Crippen LogP contribution in [0.15, 0.2) is 5.18 Å². The summed E-state index contributed by atoms with van der Waals surface area (Å²) in [5.74, 6) is -0.822. The van der Waals surface area contributed by atoms with Crippen molar-refractivity contribution in [2.45, 2.75) is 12.8 Å². The van der Waals surface area contributed by atoms with Crippen molar-refractivity contribution in [3.05, 3.63) is 4.91 Å². The highest BCUT2D eigenvalue weighted by Crippen LogP contribution is 2.44. The van der Waals surface area contributed by atoms with Gasteiger partial charge in [0, 0.05) is 5.18 Å². The van der Waals surface area contributed by atoms with Gasteiger partial charge in [0.15, 0.2) is 0 Å². The van der Waals surface area contributed by atoms with Crippen LogP contribution in [0.25, 0.3) is 0 Å². The molecule has 0 spiro atoms. The van der Waals surface area contributed by atoms with Crippen LogP contribution >= 0.6 is 0 Å². The predicted molar refractivity (Wildman–Crippen MR) is 28.5 cm³/mol. The fourth-order valence-corrected chi connectivity index (χ4v) is 0.608. The molecule has 0 N–H and O–H groups in total. The van der Waals surface area contributed by atoms with Crippen molar-refractivity contribution < 1.29 is 9.59 Å². The topological polar surface area (TPSA) is 63.6 Å². The first-order valence-electron chi connectivity index (χ1n) is 2.59. The molecule has 1 saturated carbocycles. The van der Waals surface area contributed by atoms with Gasteiger partial charge >= 0.3 is 0 Å². The van der Waals surface area contributed by atoms with Crippen LogP contribution < -0.4 is 0 Å². The number of amides is 1. The predicted octanol–water partition coefficient (Wildman–Crippen LogP) is 0.258. The molecule has 48 valence electrons. The van der Waals surface area contributed by atoms with Crippen LogP contribution in [-0.4, -0.2) is 12.2 Å². The molecular weight excluding hydrogens is 122 g/mol. The number of nitrogens with zero attached hydrogens (tertiary/aromatic N) is 1. The van der Waals surface area contributed by atoms with Crippen molar-refractivity contribution in [1.82, 2.24) is 0 Å². The van der Waals surface area contributed by atoms with Gasteiger partial charge in [-0.3, -0.25) is 4.79 Å². The molecule has 1 aliphatic rings. The molecule has 0 unspecified atom stereocenters. The summed E-state index contributed by atoms with van der Waals surface area (Å²) in [4.78, 5) is 30.1. The lowest BCUT2D eigenvalue weighted by Crippen LogP contribution is -2.13. The normalized spacial score (nSPS) is 20.4. The molecule has 0 radical (unpaired) electrons. The minimum absolute atomic E-state index is 0.487. The Bertz CT molecular complexity index is 171. The third kappa shape index (κ3) is 0.759. The van der Waals surface area contributed by atoms with E-state index < -0.39 is 11.3 Å². The van der Waals surface area contributed by atoms with Gasteiger partial charge < -0.3 is 4.79 Å². The number of nitroso groups, excluding NO2 is 1. The van der Waals surface area contributed by atoms with Crippen LogP contribution in [0, 0.1) is 10.3 Å². The summed E-state index contributed by atoms with van der Waals surface area (Å²) in [5.41, 5.74) is -0.998. The van der Waals surface area contributed by atoms with E-state index >= 15 is 0 Å². The Kier molecular flexibility index (Phi) is 1.16. The molecule has 1 amide bonds. The fraction of sp³-hybridized carbons (Fsp3) is 0.600. The van der Waals surface area contributed by atoms with Crippen molar-refractivity contribution in [3.63, 3.8) is 0 Å². The van der Waals surface area contributed by atoms with Crippen molar-refractivity contribution in [2.75, 3.05) is 0 Å². The summed E-state index contributed by atoms with van der Waals surface area (Å²) in [6.07, 6.45) is 1.48. The quantitative estimate of drug-likeness (QED) is 0.303. The summed E-state index contributed by atoms with van der Waals surface area (Å²) in [5, 5.41) is 2.17. The Morgan fingerprint density at radius 1 is 1.56 bits per heavy atom. The minimum atomic E-state index is -0.998. The van der Waals surface area contributed by atoms with E-state index in [1.165, 1.54) is 0 Å². The maximum Gasteiger partial charge on any atom is 0.299 e. The molecule has 0 heterocycles. The lowest BCUT2D eigenvalue weighted by Gasteiger charge is -1.92. The average Bonchev–Trinajstić information content (AvgIpc) is 2.66. The zero-order valence-electron chi connectivity index (χ0n) is 4.66. The number of hydrogen-bond donors (Lipinski definition) is 0. The standard InChI is InChI=1S/C5H5NO3/c7-3-5(1-2-5)4(8)6-9/h3H,1-2H2. The molecule has 0 atom stereocenters. The monoisotopic (exact) mass is 127 g/mol. The van der Waals surface area contributed by atoms with Gasteiger partial charge in [0.25, 0.3) is 5.91 Å². The second-order valence-electron chi connectivity index (χ2n) is 2.17. The fourth-order valence-electron chi connectivity index (χ4n) is 0.608. The maximum atomic E-state index is 10.4. The number of aldehydes is 1. The van der Waals surface area contributed by atoms with Crippen LogP contribution in [0.2, 0.25) is 0 Å². The van der Waals surface area contributed by atoms with Crippen LogP contribution in [-0.2, 0) is 9.59 Å². The lowest BCUT2D eigenvalue weighted by molar-refractivity contribution is -0.128. The van der Waals surface area contributed by atoms with Crippen molar-refractivity contribution in [3.8, 4) is 0 Å². The molecule has 1 rings (SSSR count). The Balaban J connectivity index is 2.70. The van der Waals surface area contributed by atoms with E-state index in [1.807, 2.05) is 0 Å². The van der Waals surface area contributed by atoms with E-state index in [2.05, 4.69) is 5.18 Å². The average molecular weight is 127 g/mol. The van der Waals surface area contributed by atoms with E-state index in [1.54, 1.807) is 0 Å². The van der Waals surface area contributed by atoms with E-state index in [-0.39, 0.29) is 0 Å². The highest BCUT2D eigenvalue weighted by Gasteiger charge is 2.50.